The summed E-state index contributed by atoms with van der Waals surface area (Å²) in [5.74, 6) is 1.76. The Bertz CT molecular complexity index is 623. The second kappa shape index (κ2) is 5.41. The molecule has 2 aromatic rings. The van der Waals surface area contributed by atoms with E-state index < -0.39 is 0 Å². The molecular formula is C17H26N4. The summed E-state index contributed by atoms with van der Waals surface area (Å²) < 4.78 is 2.36. The Kier molecular flexibility index (Phi) is 3.74. The normalized spacial score (nSPS) is 21.0. The van der Waals surface area contributed by atoms with Crippen LogP contribution in [-0.2, 0) is 6.54 Å². The first-order valence-electron chi connectivity index (χ1n) is 7.94. The van der Waals surface area contributed by atoms with Crippen molar-refractivity contribution in [1.29, 1.82) is 0 Å². The molecule has 4 heteroatoms. The van der Waals surface area contributed by atoms with E-state index >= 15 is 0 Å². The molecule has 114 valence electrons. The first-order valence-corrected chi connectivity index (χ1v) is 7.94. The van der Waals surface area contributed by atoms with Crippen LogP contribution in [0.1, 0.15) is 45.4 Å². The third kappa shape index (κ3) is 3.10. The van der Waals surface area contributed by atoms with Gasteiger partial charge in [0.05, 0.1) is 0 Å². The summed E-state index contributed by atoms with van der Waals surface area (Å²) in [7, 11) is 2.21. The van der Waals surface area contributed by atoms with Gasteiger partial charge in [0.2, 0.25) is 0 Å². The van der Waals surface area contributed by atoms with Crippen LogP contribution in [0.2, 0.25) is 0 Å². The number of piperidine rings is 1. The maximum Gasteiger partial charge on any atom is 0.160 e. The maximum atomic E-state index is 4.93. The van der Waals surface area contributed by atoms with E-state index in [1.165, 1.54) is 25.2 Å². The first kappa shape index (κ1) is 14.5. The molecule has 1 aliphatic heterocycles. The summed E-state index contributed by atoms with van der Waals surface area (Å²) in [6.45, 7) is 10.1. The fraction of sp³-hybridized carbons (Fsp3) is 0.647. The van der Waals surface area contributed by atoms with E-state index in [0.717, 1.165) is 24.3 Å². The van der Waals surface area contributed by atoms with Gasteiger partial charge in [0.1, 0.15) is 11.3 Å². The molecule has 0 saturated carbocycles. The van der Waals surface area contributed by atoms with Gasteiger partial charge >= 0.3 is 0 Å². The Morgan fingerprint density at radius 2 is 2.14 bits per heavy atom. The van der Waals surface area contributed by atoms with Crippen LogP contribution in [0, 0.1) is 5.41 Å². The average molecular weight is 286 g/mol. The molecule has 0 amide bonds. The lowest BCUT2D eigenvalue weighted by Crippen LogP contribution is -2.32. The van der Waals surface area contributed by atoms with Crippen molar-refractivity contribution in [1.82, 2.24) is 19.4 Å². The third-order valence-electron chi connectivity index (χ3n) is 4.16. The van der Waals surface area contributed by atoms with Gasteiger partial charge in [-0.1, -0.05) is 20.8 Å². The molecule has 0 spiro atoms. The number of pyridine rings is 1. The average Bonchev–Trinajstić information content (AvgIpc) is 2.76. The summed E-state index contributed by atoms with van der Waals surface area (Å²) in [5, 5.41) is 0. The molecule has 0 radical (unpaired) electrons. The minimum Gasteiger partial charge on any atom is -0.312 e. The Hall–Kier alpha value is -1.42. The van der Waals surface area contributed by atoms with Crippen molar-refractivity contribution >= 4 is 11.2 Å². The van der Waals surface area contributed by atoms with E-state index in [9.17, 15) is 0 Å². The second-order valence-electron chi connectivity index (χ2n) is 7.56. The molecule has 0 bridgehead atoms. The molecule has 21 heavy (non-hydrogen) atoms. The Balaban J connectivity index is 2.05. The van der Waals surface area contributed by atoms with Crippen LogP contribution in [0.3, 0.4) is 0 Å². The van der Waals surface area contributed by atoms with Crippen molar-refractivity contribution in [2.75, 3.05) is 20.1 Å². The fourth-order valence-electron chi connectivity index (χ4n) is 3.30. The second-order valence-corrected chi connectivity index (χ2v) is 7.56. The maximum absolute atomic E-state index is 4.93. The highest BCUT2D eigenvalue weighted by molar-refractivity contribution is 5.71. The largest absolute Gasteiger partial charge is 0.312 e. The summed E-state index contributed by atoms with van der Waals surface area (Å²) in [6, 6.07) is 4.06. The van der Waals surface area contributed by atoms with Gasteiger partial charge in [0, 0.05) is 25.2 Å². The number of likely N-dealkylation sites (N-methyl/N-ethyl adjacent to an activating group) is 1. The molecule has 1 saturated heterocycles. The van der Waals surface area contributed by atoms with E-state index in [0.29, 0.717) is 5.92 Å². The Morgan fingerprint density at radius 1 is 1.33 bits per heavy atom. The minimum absolute atomic E-state index is 0.223. The molecule has 1 fully saturated rings. The first-order chi connectivity index (χ1) is 9.94. The minimum atomic E-state index is 0.223. The van der Waals surface area contributed by atoms with Crippen molar-refractivity contribution in [2.45, 2.75) is 46.1 Å². The summed E-state index contributed by atoms with van der Waals surface area (Å²) in [4.78, 5) is 11.9. The fourth-order valence-corrected chi connectivity index (χ4v) is 3.30. The lowest BCUT2D eigenvalue weighted by Gasteiger charge is -2.30. The quantitative estimate of drug-likeness (QED) is 0.849. The van der Waals surface area contributed by atoms with E-state index in [4.69, 9.17) is 4.98 Å². The molecule has 1 aliphatic rings. The number of fused-ring (bicyclic) bond motifs is 1. The van der Waals surface area contributed by atoms with Gasteiger partial charge in [0.15, 0.2) is 5.65 Å². The molecule has 1 atom stereocenters. The van der Waals surface area contributed by atoms with Crippen molar-refractivity contribution < 1.29 is 0 Å². The standard InChI is InChI=1S/C17H26N4/c1-17(2,3)12-21-15(13-7-6-10-20(4)11-13)19-14-8-5-9-18-16(14)21/h5,8-9,13H,6-7,10-12H2,1-4H3. The Labute approximate surface area is 127 Å². The van der Waals surface area contributed by atoms with Crippen LogP contribution in [-0.4, -0.2) is 39.6 Å². The molecule has 0 N–H and O–H groups in total. The zero-order valence-corrected chi connectivity index (χ0v) is 13.6. The number of imidazole rings is 1. The van der Waals surface area contributed by atoms with Crippen molar-refractivity contribution in [2.24, 2.45) is 5.41 Å². The highest BCUT2D eigenvalue weighted by Crippen LogP contribution is 2.30. The van der Waals surface area contributed by atoms with Crippen molar-refractivity contribution in [3.05, 3.63) is 24.2 Å². The molecule has 2 aromatic heterocycles. The van der Waals surface area contributed by atoms with Gasteiger partial charge in [-0.15, -0.1) is 0 Å². The molecule has 0 aliphatic carbocycles. The topological polar surface area (TPSA) is 34.0 Å². The van der Waals surface area contributed by atoms with Crippen LogP contribution < -0.4 is 0 Å². The van der Waals surface area contributed by atoms with E-state index in [2.05, 4.69) is 48.3 Å². The van der Waals surface area contributed by atoms with Gasteiger partial charge in [-0.25, -0.2) is 9.97 Å². The van der Waals surface area contributed by atoms with Gasteiger partial charge < -0.3 is 9.47 Å². The number of rotatable bonds is 2. The lowest BCUT2D eigenvalue weighted by molar-refractivity contribution is 0.238. The number of hydrogen-bond acceptors (Lipinski definition) is 3. The number of likely N-dealkylation sites (tertiary alicyclic amines) is 1. The van der Waals surface area contributed by atoms with Crippen LogP contribution in [0.15, 0.2) is 18.3 Å². The van der Waals surface area contributed by atoms with E-state index in [1.807, 2.05) is 12.3 Å². The molecular weight excluding hydrogens is 260 g/mol. The number of aromatic nitrogens is 3. The Morgan fingerprint density at radius 3 is 2.86 bits per heavy atom. The number of hydrogen-bond donors (Lipinski definition) is 0. The highest BCUT2D eigenvalue weighted by atomic mass is 15.2. The van der Waals surface area contributed by atoms with Gasteiger partial charge in [-0.3, -0.25) is 0 Å². The molecule has 1 unspecified atom stereocenters. The van der Waals surface area contributed by atoms with Crippen LogP contribution in [0.25, 0.3) is 11.2 Å². The number of nitrogens with zero attached hydrogens (tertiary/aromatic N) is 4. The van der Waals surface area contributed by atoms with Crippen molar-refractivity contribution in [3.63, 3.8) is 0 Å². The van der Waals surface area contributed by atoms with Crippen LogP contribution >= 0.6 is 0 Å². The summed E-state index contributed by atoms with van der Waals surface area (Å²) >= 11 is 0. The van der Waals surface area contributed by atoms with Gasteiger partial charge in [0.25, 0.3) is 0 Å². The third-order valence-corrected chi connectivity index (χ3v) is 4.16. The zero-order chi connectivity index (χ0) is 15.0. The van der Waals surface area contributed by atoms with Crippen LogP contribution in [0.5, 0.6) is 0 Å². The van der Waals surface area contributed by atoms with E-state index in [-0.39, 0.29) is 5.41 Å². The van der Waals surface area contributed by atoms with Crippen LogP contribution in [0.4, 0.5) is 0 Å². The molecule has 4 nitrogen and oxygen atoms in total. The molecule has 3 rings (SSSR count). The predicted octanol–water partition coefficient (Wildman–Crippen LogP) is 3.29. The van der Waals surface area contributed by atoms with E-state index in [1.54, 1.807) is 0 Å². The summed E-state index contributed by atoms with van der Waals surface area (Å²) in [6.07, 6.45) is 4.37. The monoisotopic (exact) mass is 286 g/mol. The SMILES string of the molecule is CN1CCCC(c2nc3cccnc3n2CC(C)(C)C)C1. The highest BCUT2D eigenvalue weighted by Gasteiger charge is 2.26. The lowest BCUT2D eigenvalue weighted by atomic mass is 9.94. The zero-order valence-electron chi connectivity index (χ0n) is 13.6. The smallest absolute Gasteiger partial charge is 0.160 e. The van der Waals surface area contributed by atoms with Crippen molar-refractivity contribution in [3.8, 4) is 0 Å². The molecule has 3 heterocycles. The molecule has 0 aromatic carbocycles. The predicted molar refractivity (Wildman–Crippen MR) is 86.5 cm³/mol. The van der Waals surface area contributed by atoms with Gasteiger partial charge in [-0.2, -0.15) is 0 Å². The summed E-state index contributed by atoms with van der Waals surface area (Å²) in [5.41, 5.74) is 2.29. The van der Waals surface area contributed by atoms with Gasteiger partial charge in [-0.05, 0) is 44.0 Å².